The van der Waals surface area contributed by atoms with E-state index in [0.29, 0.717) is 67.0 Å². The Kier molecular flexibility index (Phi) is 8.87. The molecular formula is C25H36ClN5O4S. The van der Waals surface area contributed by atoms with Crippen LogP contribution in [0.2, 0.25) is 0 Å². The van der Waals surface area contributed by atoms with Crippen LogP contribution in [0.5, 0.6) is 5.75 Å². The van der Waals surface area contributed by atoms with Crippen molar-refractivity contribution >= 4 is 33.5 Å². The van der Waals surface area contributed by atoms with Gasteiger partial charge in [0, 0.05) is 45.5 Å². The molecule has 1 N–H and O–H groups in total. The van der Waals surface area contributed by atoms with Crippen LogP contribution < -0.4 is 10.3 Å². The van der Waals surface area contributed by atoms with Crippen LogP contribution in [0.3, 0.4) is 0 Å². The quantitative estimate of drug-likeness (QED) is 0.472. The monoisotopic (exact) mass is 537 g/mol. The molecule has 0 bridgehead atoms. The summed E-state index contributed by atoms with van der Waals surface area (Å²) in [6.45, 7) is 10.8. The van der Waals surface area contributed by atoms with Crippen molar-refractivity contribution in [3.05, 3.63) is 40.3 Å². The van der Waals surface area contributed by atoms with Crippen LogP contribution in [-0.4, -0.2) is 71.0 Å². The van der Waals surface area contributed by atoms with Gasteiger partial charge in [-0.1, -0.05) is 13.3 Å². The highest BCUT2D eigenvalue weighted by atomic mass is 35.5. The Morgan fingerprint density at radius 3 is 2.44 bits per heavy atom. The van der Waals surface area contributed by atoms with Crippen molar-refractivity contribution in [1.82, 2.24) is 23.7 Å². The Hall–Kier alpha value is -2.40. The Morgan fingerprint density at radius 2 is 1.83 bits per heavy atom. The maximum atomic E-state index is 13.5. The van der Waals surface area contributed by atoms with Crippen LogP contribution in [0.4, 0.5) is 0 Å². The lowest BCUT2D eigenvalue weighted by Gasteiger charge is -2.36. The van der Waals surface area contributed by atoms with Crippen molar-refractivity contribution in [3.63, 3.8) is 0 Å². The van der Waals surface area contributed by atoms with Crippen LogP contribution in [0.1, 0.15) is 39.7 Å². The highest BCUT2D eigenvalue weighted by Gasteiger charge is 2.30. The first kappa shape index (κ1) is 28.2. The average Bonchev–Trinajstić information content (AvgIpc) is 3.15. The minimum Gasteiger partial charge on any atom is -0.493 e. The number of benzene rings is 1. The van der Waals surface area contributed by atoms with Gasteiger partial charge in [-0.15, -0.1) is 12.4 Å². The normalized spacial score (nSPS) is 15.4. The Morgan fingerprint density at radius 1 is 1.14 bits per heavy atom. The van der Waals surface area contributed by atoms with Gasteiger partial charge >= 0.3 is 0 Å². The predicted molar refractivity (Wildman–Crippen MR) is 145 cm³/mol. The van der Waals surface area contributed by atoms with E-state index in [1.165, 1.54) is 4.31 Å². The van der Waals surface area contributed by atoms with Gasteiger partial charge in [-0.05, 0) is 51.0 Å². The molecule has 9 nitrogen and oxygen atoms in total. The van der Waals surface area contributed by atoms with E-state index < -0.39 is 10.0 Å². The van der Waals surface area contributed by atoms with Crippen LogP contribution in [-0.2, 0) is 23.5 Å². The molecule has 0 unspecified atom stereocenters. The SMILES string of the molecule is CCCc1cn(C)c2c(=O)[nH]c(-c3cc(S(=O)(=O)N4CCN(C(C)C)CC4)ccc3OCC)nc12.Cl. The van der Waals surface area contributed by atoms with Crippen molar-refractivity contribution < 1.29 is 13.2 Å². The number of fused-ring (bicyclic) bond motifs is 1. The summed E-state index contributed by atoms with van der Waals surface area (Å²) in [5.41, 5.74) is 2.31. The third-order valence-corrected chi connectivity index (χ3v) is 8.46. The number of sulfonamides is 1. The Balaban J connectivity index is 0.00000361. The number of aromatic amines is 1. The first-order valence-electron chi connectivity index (χ1n) is 12.3. The van der Waals surface area contributed by atoms with E-state index in [1.54, 1.807) is 22.8 Å². The van der Waals surface area contributed by atoms with Gasteiger partial charge in [0.1, 0.15) is 17.1 Å². The third-order valence-electron chi connectivity index (χ3n) is 6.57. The summed E-state index contributed by atoms with van der Waals surface area (Å²) in [7, 11) is -1.88. The lowest BCUT2D eigenvalue weighted by atomic mass is 10.1. The van der Waals surface area contributed by atoms with E-state index >= 15 is 0 Å². The number of hydrogen-bond donors (Lipinski definition) is 1. The number of nitrogens with one attached hydrogen (secondary N) is 1. The fraction of sp³-hybridized carbons (Fsp3) is 0.520. The van der Waals surface area contributed by atoms with Crippen LogP contribution in [0.15, 0.2) is 34.1 Å². The van der Waals surface area contributed by atoms with Crippen molar-refractivity contribution in [3.8, 4) is 17.1 Å². The molecular weight excluding hydrogens is 502 g/mol. The van der Waals surface area contributed by atoms with E-state index in [-0.39, 0.29) is 22.9 Å². The summed E-state index contributed by atoms with van der Waals surface area (Å²) in [6.07, 6.45) is 3.65. The van der Waals surface area contributed by atoms with Gasteiger partial charge in [0.15, 0.2) is 0 Å². The summed E-state index contributed by atoms with van der Waals surface area (Å²) < 4.78 is 36.1. The Labute approximate surface area is 218 Å². The largest absolute Gasteiger partial charge is 0.493 e. The number of H-pyrrole nitrogens is 1. The number of aryl methyl sites for hydroxylation is 2. The van der Waals surface area contributed by atoms with Crippen molar-refractivity contribution in [2.24, 2.45) is 7.05 Å². The van der Waals surface area contributed by atoms with Gasteiger partial charge in [-0.3, -0.25) is 9.69 Å². The molecule has 1 aromatic carbocycles. The predicted octanol–water partition coefficient (Wildman–Crippen LogP) is 3.42. The first-order valence-corrected chi connectivity index (χ1v) is 13.7. The van der Waals surface area contributed by atoms with Crippen LogP contribution >= 0.6 is 12.4 Å². The zero-order chi connectivity index (χ0) is 25.3. The summed E-state index contributed by atoms with van der Waals surface area (Å²) in [5, 5.41) is 0. The third kappa shape index (κ3) is 5.32. The van der Waals surface area contributed by atoms with E-state index in [2.05, 4.69) is 30.7 Å². The van der Waals surface area contributed by atoms with E-state index in [4.69, 9.17) is 9.72 Å². The molecule has 1 aliphatic rings. The molecule has 11 heteroatoms. The van der Waals surface area contributed by atoms with Gasteiger partial charge in [-0.2, -0.15) is 4.31 Å². The number of halogens is 1. The van der Waals surface area contributed by atoms with E-state index in [1.807, 2.05) is 20.2 Å². The molecule has 0 radical (unpaired) electrons. The zero-order valence-corrected chi connectivity index (χ0v) is 23.2. The average molecular weight is 538 g/mol. The number of aromatic nitrogens is 3. The second-order valence-corrected chi connectivity index (χ2v) is 11.2. The number of piperazine rings is 1. The molecule has 2 aromatic heterocycles. The van der Waals surface area contributed by atoms with Gasteiger partial charge in [0.25, 0.3) is 5.56 Å². The van der Waals surface area contributed by atoms with Gasteiger partial charge in [-0.25, -0.2) is 13.4 Å². The molecule has 0 aliphatic carbocycles. The molecule has 4 rings (SSSR count). The molecule has 1 fully saturated rings. The van der Waals surface area contributed by atoms with Crippen molar-refractivity contribution in [2.75, 3.05) is 32.8 Å². The molecule has 0 amide bonds. The highest BCUT2D eigenvalue weighted by molar-refractivity contribution is 7.89. The Bertz CT molecular complexity index is 1380. The minimum atomic E-state index is -3.71. The maximum absolute atomic E-state index is 13.5. The van der Waals surface area contributed by atoms with Crippen LogP contribution in [0, 0.1) is 0 Å². The van der Waals surface area contributed by atoms with Gasteiger partial charge < -0.3 is 14.3 Å². The minimum absolute atomic E-state index is 0. The van der Waals surface area contributed by atoms with E-state index in [9.17, 15) is 13.2 Å². The van der Waals surface area contributed by atoms with Gasteiger partial charge in [0.05, 0.1) is 22.6 Å². The summed E-state index contributed by atoms with van der Waals surface area (Å²) in [5.74, 6) is 0.780. The second-order valence-electron chi connectivity index (χ2n) is 9.25. The molecule has 0 atom stereocenters. The molecule has 3 heterocycles. The van der Waals surface area contributed by atoms with Gasteiger partial charge in [0.2, 0.25) is 10.0 Å². The van der Waals surface area contributed by atoms with Crippen molar-refractivity contribution in [1.29, 1.82) is 0 Å². The number of hydrogen-bond acceptors (Lipinski definition) is 6. The van der Waals surface area contributed by atoms with Crippen molar-refractivity contribution in [2.45, 2.75) is 51.5 Å². The number of ether oxygens (including phenoxy) is 1. The molecule has 198 valence electrons. The van der Waals surface area contributed by atoms with Crippen LogP contribution in [0.25, 0.3) is 22.4 Å². The lowest BCUT2D eigenvalue weighted by molar-refractivity contribution is 0.154. The zero-order valence-electron chi connectivity index (χ0n) is 21.6. The smallest absolute Gasteiger partial charge is 0.275 e. The summed E-state index contributed by atoms with van der Waals surface area (Å²) in [6, 6.07) is 5.17. The summed E-state index contributed by atoms with van der Waals surface area (Å²) in [4.78, 5) is 23.1. The molecule has 1 saturated heterocycles. The first-order chi connectivity index (χ1) is 16.7. The molecule has 0 spiro atoms. The fourth-order valence-corrected chi connectivity index (χ4v) is 6.15. The number of rotatable bonds is 8. The highest BCUT2D eigenvalue weighted by Crippen LogP contribution is 2.32. The number of nitrogens with zero attached hydrogens (tertiary/aromatic N) is 4. The van der Waals surface area contributed by atoms with E-state index in [0.717, 1.165) is 18.4 Å². The topological polar surface area (TPSA) is 101 Å². The standard InChI is InChI=1S/C25H35N5O4S.ClH/c1-6-8-18-16-28(5)23-22(18)26-24(27-25(23)31)20-15-19(9-10-21(20)34-7-2)35(32,33)30-13-11-29(12-14-30)17(3)4;/h9-10,15-17H,6-8,11-14H2,1-5H3,(H,26,27,31);1H. The molecule has 0 saturated carbocycles. The molecule has 36 heavy (non-hydrogen) atoms. The fourth-order valence-electron chi connectivity index (χ4n) is 4.70. The second kappa shape index (κ2) is 11.3. The molecule has 1 aliphatic heterocycles. The summed E-state index contributed by atoms with van der Waals surface area (Å²) >= 11 is 0. The molecule has 3 aromatic rings. The maximum Gasteiger partial charge on any atom is 0.275 e. The lowest BCUT2D eigenvalue weighted by Crippen LogP contribution is -2.50.